The number of aryl methyl sites for hydroxylation is 1. The SMILES string of the molecule is CCC=CC1/C=C\C=C/C(=NC(C)C)C2=c3sc4cc(C)ccc4c3=CCC21. The summed E-state index contributed by atoms with van der Waals surface area (Å²) in [5, 5.41) is 2.81. The molecule has 0 radical (unpaired) electrons. The third kappa shape index (κ3) is 3.58. The van der Waals surface area contributed by atoms with E-state index in [0.29, 0.717) is 11.8 Å². The van der Waals surface area contributed by atoms with Crippen molar-refractivity contribution in [1.82, 2.24) is 0 Å². The van der Waals surface area contributed by atoms with Crippen LogP contribution in [0.25, 0.3) is 21.7 Å². The van der Waals surface area contributed by atoms with Gasteiger partial charge in [-0.2, -0.15) is 0 Å². The van der Waals surface area contributed by atoms with E-state index in [9.17, 15) is 0 Å². The fraction of sp³-hybridized carbons (Fsp3) is 0.346. The Hall–Kier alpha value is -2.19. The van der Waals surface area contributed by atoms with Gasteiger partial charge in [-0.15, -0.1) is 11.3 Å². The Balaban J connectivity index is 2.05. The highest BCUT2D eigenvalue weighted by molar-refractivity contribution is 7.17. The Morgan fingerprint density at radius 2 is 2.11 bits per heavy atom. The van der Waals surface area contributed by atoms with Crippen molar-refractivity contribution in [2.45, 2.75) is 46.6 Å². The molecule has 1 aromatic heterocycles. The molecule has 0 saturated carbocycles. The van der Waals surface area contributed by atoms with Crippen molar-refractivity contribution in [2.24, 2.45) is 16.8 Å². The second-order valence-corrected chi connectivity index (χ2v) is 9.12. The van der Waals surface area contributed by atoms with E-state index in [1.165, 1.54) is 31.0 Å². The van der Waals surface area contributed by atoms with Crippen LogP contribution in [0.3, 0.4) is 0 Å². The number of benzene rings is 1. The smallest absolute Gasteiger partial charge is 0.0627 e. The van der Waals surface area contributed by atoms with Crippen molar-refractivity contribution in [3.05, 3.63) is 70.0 Å². The number of allylic oxidation sites excluding steroid dienone is 6. The van der Waals surface area contributed by atoms with E-state index >= 15 is 0 Å². The van der Waals surface area contributed by atoms with Crippen LogP contribution in [-0.2, 0) is 0 Å². The lowest BCUT2D eigenvalue weighted by Crippen LogP contribution is -2.34. The molecule has 0 aliphatic heterocycles. The Bertz CT molecular complexity index is 1120. The summed E-state index contributed by atoms with van der Waals surface area (Å²) in [5.41, 5.74) is 3.93. The van der Waals surface area contributed by atoms with Crippen molar-refractivity contribution in [2.75, 3.05) is 0 Å². The molecule has 0 amide bonds. The molecule has 2 unspecified atom stereocenters. The maximum atomic E-state index is 5.05. The second kappa shape index (κ2) is 8.05. The van der Waals surface area contributed by atoms with Crippen LogP contribution in [0.1, 0.15) is 39.2 Å². The zero-order chi connectivity index (χ0) is 19.7. The average Bonchev–Trinajstić information content (AvgIpc) is 3.01. The van der Waals surface area contributed by atoms with E-state index in [1.807, 2.05) is 11.3 Å². The molecule has 2 heteroatoms. The van der Waals surface area contributed by atoms with Crippen LogP contribution in [0, 0.1) is 18.8 Å². The van der Waals surface area contributed by atoms with Gasteiger partial charge in [-0.05, 0) is 62.1 Å². The first-order valence-electron chi connectivity index (χ1n) is 10.4. The van der Waals surface area contributed by atoms with Gasteiger partial charge in [0, 0.05) is 32.5 Å². The Kier molecular flexibility index (Phi) is 5.50. The summed E-state index contributed by atoms with van der Waals surface area (Å²) >= 11 is 1.94. The lowest BCUT2D eigenvalue weighted by molar-refractivity contribution is 0.591. The minimum atomic E-state index is 0.284. The number of nitrogens with zero attached hydrogens (tertiary/aromatic N) is 1. The van der Waals surface area contributed by atoms with Crippen LogP contribution in [0.2, 0.25) is 0 Å². The van der Waals surface area contributed by atoms with E-state index in [4.69, 9.17) is 4.99 Å². The quantitative estimate of drug-likeness (QED) is 0.597. The number of hydrogen-bond acceptors (Lipinski definition) is 2. The average molecular weight is 388 g/mol. The number of fused-ring (bicyclic) bond motifs is 4. The van der Waals surface area contributed by atoms with Crippen molar-refractivity contribution < 1.29 is 0 Å². The van der Waals surface area contributed by atoms with Crippen LogP contribution < -0.4 is 9.75 Å². The Morgan fingerprint density at radius 1 is 1.25 bits per heavy atom. The monoisotopic (exact) mass is 387 g/mol. The summed E-state index contributed by atoms with van der Waals surface area (Å²) in [5.74, 6) is 0.858. The maximum Gasteiger partial charge on any atom is 0.0627 e. The minimum Gasteiger partial charge on any atom is -0.282 e. The second-order valence-electron chi connectivity index (χ2n) is 8.07. The molecule has 1 nitrogen and oxygen atoms in total. The fourth-order valence-electron chi connectivity index (χ4n) is 4.26. The van der Waals surface area contributed by atoms with Gasteiger partial charge in [-0.25, -0.2) is 0 Å². The van der Waals surface area contributed by atoms with Crippen LogP contribution in [0.5, 0.6) is 0 Å². The van der Waals surface area contributed by atoms with Crippen LogP contribution in [-0.4, -0.2) is 11.8 Å². The first-order chi connectivity index (χ1) is 13.6. The lowest BCUT2D eigenvalue weighted by atomic mass is 9.77. The summed E-state index contributed by atoms with van der Waals surface area (Å²) in [6.45, 7) is 8.73. The highest BCUT2D eigenvalue weighted by Crippen LogP contribution is 2.33. The standard InChI is InChI=1S/C26H29NS/c1-5-6-9-19-10-7-8-11-23(27-17(2)3)25-20(19)14-15-22-21-13-12-18(4)16-24(21)28-26(22)25/h6-13,15-17,19-20H,5,14H2,1-4H3/b9-6?,10-7-,11-8-,27-23?. The zero-order valence-corrected chi connectivity index (χ0v) is 18.1. The summed E-state index contributed by atoms with van der Waals surface area (Å²) < 4.78 is 2.81. The third-order valence-electron chi connectivity index (χ3n) is 5.51. The molecule has 0 N–H and O–H groups in total. The lowest BCUT2D eigenvalue weighted by Gasteiger charge is -2.28. The Morgan fingerprint density at radius 3 is 2.89 bits per heavy atom. The van der Waals surface area contributed by atoms with E-state index in [-0.39, 0.29) is 6.04 Å². The first kappa shape index (κ1) is 19.1. The van der Waals surface area contributed by atoms with Crippen molar-refractivity contribution in [3.63, 3.8) is 0 Å². The van der Waals surface area contributed by atoms with E-state index in [0.717, 1.165) is 18.6 Å². The van der Waals surface area contributed by atoms with Crippen molar-refractivity contribution >= 4 is 38.8 Å². The zero-order valence-electron chi connectivity index (χ0n) is 17.3. The van der Waals surface area contributed by atoms with Crippen molar-refractivity contribution in [3.8, 4) is 0 Å². The minimum absolute atomic E-state index is 0.284. The molecule has 1 aromatic carbocycles. The van der Waals surface area contributed by atoms with Gasteiger partial charge in [0.05, 0.1) is 5.71 Å². The van der Waals surface area contributed by atoms with Gasteiger partial charge in [0.1, 0.15) is 0 Å². The van der Waals surface area contributed by atoms with Crippen molar-refractivity contribution in [1.29, 1.82) is 0 Å². The highest BCUT2D eigenvalue weighted by atomic mass is 32.1. The molecule has 1 heterocycles. The van der Waals surface area contributed by atoms with Gasteiger partial charge in [-0.3, -0.25) is 4.99 Å². The molecule has 0 spiro atoms. The predicted octanol–water partition coefficient (Wildman–Crippen LogP) is 5.72. The van der Waals surface area contributed by atoms with Gasteiger partial charge in [-0.1, -0.05) is 55.5 Å². The summed E-state index contributed by atoms with van der Waals surface area (Å²) in [6, 6.07) is 7.14. The molecule has 2 aliphatic rings. The highest BCUT2D eigenvalue weighted by Gasteiger charge is 2.28. The largest absolute Gasteiger partial charge is 0.282 e. The molecular weight excluding hydrogens is 358 g/mol. The molecule has 0 bridgehead atoms. The van der Waals surface area contributed by atoms with Gasteiger partial charge >= 0.3 is 0 Å². The molecule has 144 valence electrons. The number of rotatable bonds is 3. The first-order valence-corrected chi connectivity index (χ1v) is 11.2. The number of aliphatic imine (C=N–C) groups is 1. The molecular formula is C26H29NS. The third-order valence-corrected chi connectivity index (χ3v) is 6.71. The van der Waals surface area contributed by atoms with E-state index < -0.39 is 0 Å². The van der Waals surface area contributed by atoms with Gasteiger partial charge in [0.2, 0.25) is 0 Å². The molecule has 2 atom stereocenters. The van der Waals surface area contributed by atoms with Crippen LogP contribution in [0.15, 0.2) is 59.6 Å². The van der Waals surface area contributed by atoms with Gasteiger partial charge in [0.15, 0.2) is 0 Å². The predicted molar refractivity (Wildman–Crippen MR) is 126 cm³/mol. The molecule has 28 heavy (non-hydrogen) atoms. The fourth-order valence-corrected chi connectivity index (χ4v) is 5.68. The van der Waals surface area contributed by atoms with E-state index in [1.54, 1.807) is 0 Å². The maximum absolute atomic E-state index is 5.05. The molecule has 2 aromatic rings. The Labute approximate surface area is 172 Å². The normalized spacial score (nSPS) is 25.5. The van der Waals surface area contributed by atoms with Crippen LogP contribution in [0.4, 0.5) is 0 Å². The number of hydrogen-bond donors (Lipinski definition) is 0. The number of thiophene rings is 1. The summed E-state index contributed by atoms with van der Waals surface area (Å²) in [7, 11) is 0. The van der Waals surface area contributed by atoms with Crippen LogP contribution >= 0.6 is 11.3 Å². The summed E-state index contributed by atoms with van der Waals surface area (Å²) in [6.07, 6.45) is 18.2. The molecule has 4 rings (SSSR count). The molecule has 0 fully saturated rings. The topological polar surface area (TPSA) is 12.4 Å². The van der Waals surface area contributed by atoms with E-state index in [2.05, 4.69) is 88.4 Å². The van der Waals surface area contributed by atoms with Gasteiger partial charge < -0.3 is 0 Å². The summed E-state index contributed by atoms with van der Waals surface area (Å²) in [4.78, 5) is 5.05. The van der Waals surface area contributed by atoms with Gasteiger partial charge in [0.25, 0.3) is 0 Å². The molecule has 2 aliphatic carbocycles. The molecule has 0 saturated heterocycles.